The van der Waals surface area contributed by atoms with E-state index in [0.717, 1.165) is 28.5 Å². The highest BCUT2D eigenvalue weighted by Gasteiger charge is 2.11. The Morgan fingerprint density at radius 3 is 2.48 bits per heavy atom. The number of hydrogen-bond acceptors (Lipinski definition) is 5. The number of hydrogen-bond donors (Lipinski definition) is 1. The second-order valence-corrected chi connectivity index (χ2v) is 4.97. The molecular formula is C16H22N2O3. The van der Waals surface area contributed by atoms with E-state index in [1.54, 1.807) is 14.2 Å². The topological polar surface area (TPSA) is 56.5 Å². The third-order valence-electron chi connectivity index (χ3n) is 3.54. The van der Waals surface area contributed by atoms with Gasteiger partial charge in [0.2, 0.25) is 5.89 Å². The van der Waals surface area contributed by atoms with Crippen LogP contribution in [0.25, 0.3) is 0 Å². The molecule has 1 heterocycles. The number of benzene rings is 1. The highest BCUT2D eigenvalue weighted by molar-refractivity contribution is 5.43. The van der Waals surface area contributed by atoms with Gasteiger partial charge >= 0.3 is 0 Å². The van der Waals surface area contributed by atoms with E-state index in [1.807, 2.05) is 32.0 Å². The number of oxazole rings is 1. The lowest BCUT2D eigenvalue weighted by molar-refractivity contribution is 0.353. The molecule has 1 aromatic heterocycles. The Labute approximate surface area is 125 Å². The first-order chi connectivity index (χ1) is 10.0. The van der Waals surface area contributed by atoms with Crippen molar-refractivity contribution in [3.05, 3.63) is 41.1 Å². The Hall–Kier alpha value is -2.01. The predicted molar refractivity (Wildman–Crippen MR) is 80.8 cm³/mol. The summed E-state index contributed by atoms with van der Waals surface area (Å²) >= 11 is 0. The summed E-state index contributed by atoms with van der Waals surface area (Å²) in [4.78, 5) is 4.36. The van der Waals surface area contributed by atoms with E-state index in [1.165, 1.54) is 0 Å². The van der Waals surface area contributed by atoms with Crippen LogP contribution in [0, 0.1) is 13.8 Å². The van der Waals surface area contributed by atoms with Crippen molar-refractivity contribution in [1.29, 1.82) is 0 Å². The summed E-state index contributed by atoms with van der Waals surface area (Å²) < 4.78 is 16.1. The molecule has 114 valence electrons. The molecule has 0 fully saturated rings. The smallest absolute Gasteiger partial charge is 0.208 e. The van der Waals surface area contributed by atoms with Crippen LogP contribution < -0.4 is 14.8 Å². The van der Waals surface area contributed by atoms with Crippen molar-refractivity contribution < 1.29 is 13.9 Å². The van der Waals surface area contributed by atoms with Crippen molar-refractivity contribution >= 4 is 0 Å². The van der Waals surface area contributed by atoms with Crippen LogP contribution in [0.2, 0.25) is 0 Å². The maximum Gasteiger partial charge on any atom is 0.208 e. The van der Waals surface area contributed by atoms with Crippen LogP contribution in [0.15, 0.2) is 22.6 Å². The number of methoxy groups -OCH3 is 2. The summed E-state index contributed by atoms with van der Waals surface area (Å²) in [7, 11) is 3.27. The number of aromatic nitrogens is 1. The minimum atomic E-state index is 0.150. The number of ether oxygens (including phenoxy) is 2. The first-order valence-electron chi connectivity index (χ1n) is 6.93. The van der Waals surface area contributed by atoms with Gasteiger partial charge < -0.3 is 19.2 Å². The normalized spacial score (nSPS) is 12.2. The average molecular weight is 290 g/mol. The van der Waals surface area contributed by atoms with Crippen LogP contribution in [0.5, 0.6) is 11.5 Å². The van der Waals surface area contributed by atoms with Crippen molar-refractivity contribution in [1.82, 2.24) is 10.3 Å². The Kier molecular flexibility index (Phi) is 4.85. The van der Waals surface area contributed by atoms with Gasteiger partial charge in [0.25, 0.3) is 0 Å². The molecule has 0 aliphatic rings. The van der Waals surface area contributed by atoms with Crippen molar-refractivity contribution in [3.63, 3.8) is 0 Å². The summed E-state index contributed by atoms with van der Waals surface area (Å²) in [5, 5.41) is 3.39. The molecule has 0 amide bonds. The van der Waals surface area contributed by atoms with Gasteiger partial charge in [0.15, 0.2) is 11.5 Å². The van der Waals surface area contributed by atoms with Crippen LogP contribution in [0.4, 0.5) is 0 Å². The van der Waals surface area contributed by atoms with Gasteiger partial charge in [0, 0.05) is 6.04 Å². The predicted octanol–water partition coefficient (Wildman–Crippen LogP) is 3.16. The van der Waals surface area contributed by atoms with Gasteiger partial charge in [-0.15, -0.1) is 0 Å². The Morgan fingerprint density at radius 1 is 1.19 bits per heavy atom. The molecule has 2 aromatic rings. The zero-order valence-corrected chi connectivity index (χ0v) is 13.2. The van der Waals surface area contributed by atoms with E-state index in [2.05, 4.69) is 17.2 Å². The monoisotopic (exact) mass is 290 g/mol. The SMILES string of the molecule is COc1ccc(C(C)NCc2nc(C)c(C)o2)cc1OC. The van der Waals surface area contributed by atoms with E-state index in [4.69, 9.17) is 13.9 Å². The second-order valence-electron chi connectivity index (χ2n) is 4.97. The molecule has 5 nitrogen and oxygen atoms in total. The van der Waals surface area contributed by atoms with Crippen molar-refractivity contribution in [2.24, 2.45) is 0 Å². The van der Waals surface area contributed by atoms with Crippen LogP contribution in [-0.4, -0.2) is 19.2 Å². The van der Waals surface area contributed by atoms with Gasteiger partial charge in [-0.25, -0.2) is 4.98 Å². The Balaban J connectivity index is 2.04. The number of nitrogens with zero attached hydrogens (tertiary/aromatic N) is 1. The summed E-state index contributed by atoms with van der Waals surface area (Å²) in [5.74, 6) is 3.03. The minimum absolute atomic E-state index is 0.150. The highest BCUT2D eigenvalue weighted by atomic mass is 16.5. The molecule has 0 bridgehead atoms. The lowest BCUT2D eigenvalue weighted by Crippen LogP contribution is -2.18. The van der Waals surface area contributed by atoms with E-state index in [-0.39, 0.29) is 6.04 Å². The molecule has 0 saturated heterocycles. The zero-order chi connectivity index (χ0) is 15.4. The Morgan fingerprint density at radius 2 is 1.90 bits per heavy atom. The summed E-state index contributed by atoms with van der Waals surface area (Å²) in [6.45, 7) is 6.54. The molecule has 1 N–H and O–H groups in total. The summed E-state index contributed by atoms with van der Waals surface area (Å²) in [6.07, 6.45) is 0. The van der Waals surface area contributed by atoms with Gasteiger partial charge in [0.1, 0.15) is 5.76 Å². The van der Waals surface area contributed by atoms with E-state index >= 15 is 0 Å². The average Bonchev–Trinajstić information content (AvgIpc) is 2.82. The van der Waals surface area contributed by atoms with Crippen LogP contribution in [-0.2, 0) is 6.54 Å². The van der Waals surface area contributed by atoms with Gasteiger partial charge in [-0.2, -0.15) is 0 Å². The van der Waals surface area contributed by atoms with Gasteiger partial charge in [-0.05, 0) is 38.5 Å². The lowest BCUT2D eigenvalue weighted by Gasteiger charge is -2.15. The highest BCUT2D eigenvalue weighted by Crippen LogP contribution is 2.29. The Bertz CT molecular complexity index is 588. The fourth-order valence-corrected chi connectivity index (χ4v) is 2.10. The van der Waals surface area contributed by atoms with Crippen LogP contribution in [0.1, 0.15) is 35.9 Å². The molecule has 0 spiro atoms. The molecule has 0 aliphatic carbocycles. The number of rotatable bonds is 6. The maximum atomic E-state index is 5.56. The van der Waals surface area contributed by atoms with Gasteiger partial charge in [-0.3, -0.25) is 0 Å². The fraction of sp³-hybridized carbons (Fsp3) is 0.438. The fourth-order valence-electron chi connectivity index (χ4n) is 2.10. The lowest BCUT2D eigenvalue weighted by atomic mass is 10.1. The number of aryl methyl sites for hydroxylation is 2. The van der Waals surface area contributed by atoms with Gasteiger partial charge in [-0.1, -0.05) is 6.07 Å². The molecule has 1 unspecified atom stereocenters. The molecular weight excluding hydrogens is 268 g/mol. The molecule has 5 heteroatoms. The molecule has 0 aliphatic heterocycles. The molecule has 1 aromatic carbocycles. The standard InChI is InChI=1S/C16H22N2O3/c1-10-12(3)21-16(18-10)9-17-11(2)13-6-7-14(19-4)15(8-13)20-5/h6-8,11,17H,9H2,1-5H3. The molecule has 0 saturated carbocycles. The molecule has 0 radical (unpaired) electrons. The first-order valence-corrected chi connectivity index (χ1v) is 6.93. The van der Waals surface area contributed by atoms with Crippen molar-refractivity contribution in [3.8, 4) is 11.5 Å². The van der Waals surface area contributed by atoms with Crippen LogP contribution in [0.3, 0.4) is 0 Å². The third-order valence-corrected chi connectivity index (χ3v) is 3.54. The quantitative estimate of drug-likeness (QED) is 0.885. The largest absolute Gasteiger partial charge is 0.493 e. The van der Waals surface area contributed by atoms with Gasteiger partial charge in [0.05, 0.1) is 26.5 Å². The third kappa shape index (κ3) is 3.55. The summed E-state index contributed by atoms with van der Waals surface area (Å²) in [5.41, 5.74) is 2.05. The minimum Gasteiger partial charge on any atom is -0.493 e. The van der Waals surface area contributed by atoms with E-state index in [9.17, 15) is 0 Å². The zero-order valence-electron chi connectivity index (χ0n) is 13.2. The molecule has 21 heavy (non-hydrogen) atoms. The second kappa shape index (κ2) is 6.63. The maximum absolute atomic E-state index is 5.56. The number of nitrogens with one attached hydrogen (secondary N) is 1. The van der Waals surface area contributed by atoms with E-state index < -0.39 is 0 Å². The summed E-state index contributed by atoms with van der Waals surface area (Å²) in [6, 6.07) is 6.05. The van der Waals surface area contributed by atoms with Crippen molar-refractivity contribution in [2.75, 3.05) is 14.2 Å². The van der Waals surface area contributed by atoms with Crippen molar-refractivity contribution in [2.45, 2.75) is 33.4 Å². The molecule has 2 rings (SSSR count). The molecule has 1 atom stereocenters. The van der Waals surface area contributed by atoms with Crippen LogP contribution >= 0.6 is 0 Å². The first kappa shape index (κ1) is 15.4. The van der Waals surface area contributed by atoms with E-state index in [0.29, 0.717) is 12.4 Å².